The van der Waals surface area contributed by atoms with Crippen molar-refractivity contribution in [2.75, 3.05) is 18.9 Å². The standard InChI is InChI=1S/C24H30ClIN4O3Si/c1-6-33-23(31)18-12-20(21-19(26)13-28-24(27)29-21)30(14-32-9-10-34(3,4)5)22(18)17-11-16(25)8-7-15(17)2/h7-8,11-13H,6,9-10,14H2,1-5H3,(H2,27,28,29). The van der Waals surface area contributed by atoms with Crippen molar-refractivity contribution in [1.29, 1.82) is 0 Å². The van der Waals surface area contributed by atoms with Gasteiger partial charge in [0, 0.05) is 31.5 Å². The Labute approximate surface area is 220 Å². The Morgan fingerprint density at radius 2 is 2.00 bits per heavy atom. The number of hydrogen-bond donors (Lipinski definition) is 1. The number of benzene rings is 1. The Hall–Kier alpha value is -1.95. The molecule has 2 aromatic heterocycles. The van der Waals surface area contributed by atoms with Crippen molar-refractivity contribution in [3.63, 3.8) is 0 Å². The van der Waals surface area contributed by atoms with Crippen molar-refractivity contribution in [2.45, 2.75) is 46.3 Å². The lowest BCUT2D eigenvalue weighted by Crippen LogP contribution is -2.22. The number of anilines is 1. The van der Waals surface area contributed by atoms with E-state index in [1.807, 2.05) is 29.7 Å². The van der Waals surface area contributed by atoms with Crippen LogP contribution in [-0.4, -0.2) is 41.8 Å². The summed E-state index contributed by atoms with van der Waals surface area (Å²) in [6, 6.07) is 8.44. The minimum absolute atomic E-state index is 0.154. The highest BCUT2D eigenvalue weighted by Crippen LogP contribution is 2.37. The predicted octanol–water partition coefficient (Wildman–Crippen LogP) is 6.25. The predicted molar refractivity (Wildman–Crippen MR) is 148 cm³/mol. The van der Waals surface area contributed by atoms with Crippen LogP contribution in [0.25, 0.3) is 22.6 Å². The SMILES string of the molecule is CCOC(=O)c1cc(-c2nc(N)ncc2I)n(COCC[Si](C)(C)C)c1-c1cc(Cl)ccc1C. The summed E-state index contributed by atoms with van der Waals surface area (Å²) in [5, 5.41) is 0.574. The Bertz CT molecular complexity index is 1190. The van der Waals surface area contributed by atoms with Gasteiger partial charge in [-0.1, -0.05) is 37.3 Å². The number of nitrogens with two attached hydrogens (primary N) is 1. The molecule has 0 bridgehead atoms. The zero-order valence-corrected chi connectivity index (χ0v) is 24.0. The summed E-state index contributed by atoms with van der Waals surface area (Å²) in [6.07, 6.45) is 1.66. The molecule has 0 aliphatic heterocycles. The summed E-state index contributed by atoms with van der Waals surface area (Å²) in [5.41, 5.74) is 10.1. The molecule has 0 aliphatic rings. The van der Waals surface area contributed by atoms with E-state index in [-0.39, 0.29) is 19.3 Å². The molecule has 0 fully saturated rings. The molecule has 2 heterocycles. The molecule has 7 nitrogen and oxygen atoms in total. The molecule has 3 aromatic rings. The van der Waals surface area contributed by atoms with Gasteiger partial charge in [0.1, 0.15) is 12.4 Å². The van der Waals surface area contributed by atoms with Crippen LogP contribution in [0.4, 0.5) is 5.95 Å². The highest BCUT2D eigenvalue weighted by atomic mass is 127. The molecule has 182 valence electrons. The zero-order valence-electron chi connectivity index (χ0n) is 20.1. The van der Waals surface area contributed by atoms with Crippen molar-refractivity contribution in [2.24, 2.45) is 0 Å². The minimum Gasteiger partial charge on any atom is -0.462 e. The van der Waals surface area contributed by atoms with Crippen LogP contribution in [0.5, 0.6) is 0 Å². The average molecular weight is 613 g/mol. The summed E-state index contributed by atoms with van der Waals surface area (Å²) in [5.74, 6) is -0.267. The number of carbonyl (C=O) groups excluding carboxylic acids is 1. The number of rotatable bonds is 9. The van der Waals surface area contributed by atoms with Crippen molar-refractivity contribution < 1.29 is 14.3 Å². The highest BCUT2D eigenvalue weighted by molar-refractivity contribution is 14.1. The molecular weight excluding hydrogens is 583 g/mol. The van der Waals surface area contributed by atoms with Crippen LogP contribution >= 0.6 is 34.2 Å². The minimum atomic E-state index is -1.27. The van der Waals surface area contributed by atoms with E-state index in [9.17, 15) is 4.79 Å². The van der Waals surface area contributed by atoms with Crippen LogP contribution in [0.2, 0.25) is 30.7 Å². The average Bonchev–Trinajstić information content (AvgIpc) is 3.13. The summed E-state index contributed by atoms with van der Waals surface area (Å²) in [7, 11) is -1.27. The first-order valence-electron chi connectivity index (χ1n) is 11.0. The van der Waals surface area contributed by atoms with Gasteiger partial charge in [-0.25, -0.2) is 14.8 Å². The Morgan fingerprint density at radius 3 is 2.68 bits per heavy atom. The van der Waals surface area contributed by atoms with Crippen molar-refractivity contribution in [1.82, 2.24) is 14.5 Å². The summed E-state index contributed by atoms with van der Waals surface area (Å²) >= 11 is 8.54. The fraction of sp³-hybridized carbons (Fsp3) is 0.375. The summed E-state index contributed by atoms with van der Waals surface area (Å²) in [4.78, 5) is 21.6. The quantitative estimate of drug-likeness (QED) is 0.133. The smallest absolute Gasteiger partial charge is 0.340 e. The van der Waals surface area contributed by atoms with E-state index < -0.39 is 14.0 Å². The molecule has 0 saturated carbocycles. The Morgan fingerprint density at radius 1 is 1.26 bits per heavy atom. The molecule has 34 heavy (non-hydrogen) atoms. The van der Waals surface area contributed by atoms with E-state index in [4.69, 9.17) is 26.8 Å². The fourth-order valence-corrected chi connectivity index (χ4v) is 4.94. The lowest BCUT2D eigenvalue weighted by molar-refractivity contribution is 0.0526. The first-order chi connectivity index (χ1) is 16.0. The number of nitrogen functional groups attached to an aromatic ring is 1. The third-order valence-corrected chi connectivity index (χ3v) is 8.00. The maximum atomic E-state index is 13.1. The first-order valence-corrected chi connectivity index (χ1v) is 16.2. The van der Waals surface area contributed by atoms with E-state index in [1.54, 1.807) is 19.2 Å². The fourth-order valence-electron chi connectivity index (χ4n) is 3.48. The summed E-state index contributed by atoms with van der Waals surface area (Å²) in [6.45, 7) is 11.8. The third-order valence-electron chi connectivity index (χ3n) is 5.27. The van der Waals surface area contributed by atoms with Crippen LogP contribution in [0.3, 0.4) is 0 Å². The van der Waals surface area contributed by atoms with Gasteiger partial charge in [-0.3, -0.25) is 0 Å². The molecule has 0 saturated heterocycles. The van der Waals surface area contributed by atoms with E-state index in [0.717, 1.165) is 20.7 Å². The number of ether oxygens (including phenoxy) is 2. The van der Waals surface area contributed by atoms with E-state index in [2.05, 4.69) is 52.2 Å². The number of aryl methyl sites for hydroxylation is 1. The highest BCUT2D eigenvalue weighted by Gasteiger charge is 2.26. The number of esters is 1. The molecular formula is C24H30ClIN4O3Si. The van der Waals surface area contributed by atoms with Crippen molar-refractivity contribution >= 4 is 54.2 Å². The molecule has 10 heteroatoms. The molecule has 3 rings (SSSR count). The first kappa shape index (κ1) is 26.6. The van der Waals surface area contributed by atoms with Gasteiger partial charge in [0.2, 0.25) is 5.95 Å². The van der Waals surface area contributed by atoms with E-state index in [0.29, 0.717) is 34.3 Å². The lowest BCUT2D eigenvalue weighted by atomic mass is 10.0. The van der Waals surface area contributed by atoms with Gasteiger partial charge in [0.25, 0.3) is 0 Å². The number of carbonyl (C=O) groups is 1. The van der Waals surface area contributed by atoms with Gasteiger partial charge in [-0.2, -0.15) is 0 Å². The monoisotopic (exact) mass is 612 g/mol. The molecule has 0 amide bonds. The Kier molecular flexibility index (Phi) is 8.77. The molecule has 0 atom stereocenters. The number of hydrogen-bond acceptors (Lipinski definition) is 6. The topological polar surface area (TPSA) is 92.3 Å². The van der Waals surface area contributed by atoms with Gasteiger partial charge < -0.3 is 19.8 Å². The molecule has 1 aromatic carbocycles. The second-order valence-corrected chi connectivity index (χ2v) is 16.4. The van der Waals surface area contributed by atoms with E-state index >= 15 is 0 Å². The van der Waals surface area contributed by atoms with Crippen molar-refractivity contribution in [3.05, 3.63) is 50.2 Å². The van der Waals surface area contributed by atoms with Gasteiger partial charge in [-0.15, -0.1) is 0 Å². The van der Waals surface area contributed by atoms with Crippen LogP contribution in [0, 0.1) is 10.5 Å². The lowest BCUT2D eigenvalue weighted by Gasteiger charge is -2.19. The normalized spacial score (nSPS) is 11.6. The number of aromatic nitrogens is 3. The molecule has 0 radical (unpaired) electrons. The zero-order chi connectivity index (χ0) is 25.0. The maximum Gasteiger partial charge on any atom is 0.340 e. The van der Waals surface area contributed by atoms with Gasteiger partial charge >= 0.3 is 5.97 Å². The molecule has 0 unspecified atom stereocenters. The van der Waals surface area contributed by atoms with Crippen LogP contribution in [-0.2, 0) is 16.2 Å². The second-order valence-electron chi connectivity index (χ2n) is 9.17. The van der Waals surface area contributed by atoms with Gasteiger partial charge in [0.05, 0.1) is 27.1 Å². The largest absolute Gasteiger partial charge is 0.462 e. The molecule has 2 N–H and O–H groups in total. The van der Waals surface area contributed by atoms with Crippen LogP contribution < -0.4 is 5.73 Å². The summed E-state index contributed by atoms with van der Waals surface area (Å²) < 4.78 is 14.3. The third kappa shape index (κ3) is 6.38. The van der Waals surface area contributed by atoms with Crippen LogP contribution in [0.15, 0.2) is 30.5 Å². The molecule has 0 aliphatic carbocycles. The van der Waals surface area contributed by atoms with E-state index in [1.165, 1.54) is 0 Å². The Balaban J connectivity index is 2.24. The number of nitrogens with zero attached hydrogens (tertiary/aromatic N) is 3. The molecule has 0 spiro atoms. The number of halogens is 2. The van der Waals surface area contributed by atoms with Gasteiger partial charge in [-0.05, 0) is 66.2 Å². The van der Waals surface area contributed by atoms with Crippen molar-refractivity contribution in [3.8, 4) is 22.6 Å². The second kappa shape index (κ2) is 11.2. The van der Waals surface area contributed by atoms with Gasteiger partial charge in [0.15, 0.2) is 0 Å². The van der Waals surface area contributed by atoms with Crippen LogP contribution in [0.1, 0.15) is 22.8 Å². The maximum absolute atomic E-state index is 13.1.